The van der Waals surface area contributed by atoms with Crippen molar-refractivity contribution < 1.29 is 0 Å². The van der Waals surface area contributed by atoms with Crippen molar-refractivity contribution in [2.75, 3.05) is 0 Å². The van der Waals surface area contributed by atoms with E-state index in [-0.39, 0.29) is 0 Å². The molecule has 0 nitrogen and oxygen atoms in total. The van der Waals surface area contributed by atoms with Gasteiger partial charge in [0.05, 0.1) is 0 Å². The van der Waals surface area contributed by atoms with Gasteiger partial charge in [-0.1, -0.05) is 52.2 Å². The normalized spacial score (nSPS) is 9.75. The SMILES string of the molecule is C#Cc1ccccc1Cc1ccc(Br)cc1. The first kappa shape index (κ1) is 11.0. The lowest BCUT2D eigenvalue weighted by Gasteiger charge is -2.04. The summed E-state index contributed by atoms with van der Waals surface area (Å²) in [5, 5.41) is 0. The second-order valence-electron chi connectivity index (χ2n) is 3.60. The molecule has 0 aliphatic heterocycles. The highest BCUT2D eigenvalue weighted by molar-refractivity contribution is 9.10. The molecule has 2 aromatic carbocycles. The van der Waals surface area contributed by atoms with Gasteiger partial charge in [0.1, 0.15) is 0 Å². The van der Waals surface area contributed by atoms with Gasteiger partial charge in [0.25, 0.3) is 0 Å². The zero-order valence-electron chi connectivity index (χ0n) is 8.78. The number of hydrogen-bond acceptors (Lipinski definition) is 0. The van der Waals surface area contributed by atoms with E-state index in [1.54, 1.807) is 0 Å². The quantitative estimate of drug-likeness (QED) is 0.724. The molecule has 2 aromatic rings. The average Bonchev–Trinajstić information content (AvgIpc) is 2.33. The van der Waals surface area contributed by atoms with Crippen LogP contribution in [0.25, 0.3) is 0 Å². The second-order valence-corrected chi connectivity index (χ2v) is 4.52. The average molecular weight is 271 g/mol. The molecule has 1 heteroatoms. The molecule has 0 heterocycles. The predicted molar refractivity (Wildman–Crippen MR) is 71.3 cm³/mol. The Morgan fingerprint density at radius 3 is 2.38 bits per heavy atom. The van der Waals surface area contributed by atoms with E-state index >= 15 is 0 Å². The lowest BCUT2D eigenvalue weighted by Crippen LogP contribution is -1.91. The zero-order chi connectivity index (χ0) is 11.4. The monoisotopic (exact) mass is 270 g/mol. The Balaban J connectivity index is 2.27. The minimum absolute atomic E-state index is 0.883. The fourth-order valence-corrected chi connectivity index (χ4v) is 1.90. The van der Waals surface area contributed by atoms with Gasteiger partial charge in [-0.3, -0.25) is 0 Å². The maximum atomic E-state index is 5.47. The van der Waals surface area contributed by atoms with Crippen LogP contribution >= 0.6 is 15.9 Å². The summed E-state index contributed by atoms with van der Waals surface area (Å²) in [6.07, 6.45) is 6.35. The molecule has 0 amide bonds. The zero-order valence-corrected chi connectivity index (χ0v) is 10.4. The van der Waals surface area contributed by atoms with E-state index in [0.29, 0.717) is 0 Å². The molecule has 0 saturated carbocycles. The summed E-state index contributed by atoms with van der Waals surface area (Å²) >= 11 is 3.43. The van der Waals surface area contributed by atoms with Gasteiger partial charge < -0.3 is 0 Å². The molecule has 0 fully saturated rings. The Kier molecular flexibility index (Phi) is 3.44. The summed E-state index contributed by atoms with van der Waals surface area (Å²) < 4.78 is 1.10. The lowest BCUT2D eigenvalue weighted by molar-refractivity contribution is 1.18. The van der Waals surface area contributed by atoms with Crippen LogP contribution in [0.5, 0.6) is 0 Å². The number of halogens is 1. The van der Waals surface area contributed by atoms with E-state index in [1.807, 2.05) is 30.3 Å². The number of hydrogen-bond donors (Lipinski definition) is 0. The summed E-state index contributed by atoms with van der Waals surface area (Å²) in [5.74, 6) is 2.72. The number of benzene rings is 2. The van der Waals surface area contributed by atoms with Crippen LogP contribution in [0.15, 0.2) is 53.0 Å². The van der Waals surface area contributed by atoms with Crippen molar-refractivity contribution in [2.45, 2.75) is 6.42 Å². The van der Waals surface area contributed by atoms with E-state index in [9.17, 15) is 0 Å². The van der Waals surface area contributed by atoms with Crippen LogP contribution < -0.4 is 0 Å². The van der Waals surface area contributed by atoms with Crippen molar-refractivity contribution in [1.29, 1.82) is 0 Å². The van der Waals surface area contributed by atoms with Crippen molar-refractivity contribution in [3.8, 4) is 12.3 Å². The summed E-state index contributed by atoms with van der Waals surface area (Å²) in [6, 6.07) is 16.4. The molecule has 0 aliphatic rings. The van der Waals surface area contributed by atoms with E-state index < -0.39 is 0 Å². The van der Waals surface area contributed by atoms with Gasteiger partial charge in [-0.15, -0.1) is 6.42 Å². The van der Waals surface area contributed by atoms with Gasteiger partial charge in [0.2, 0.25) is 0 Å². The van der Waals surface area contributed by atoms with Crippen LogP contribution in [0.3, 0.4) is 0 Å². The maximum absolute atomic E-state index is 5.47. The van der Waals surface area contributed by atoms with E-state index in [4.69, 9.17) is 6.42 Å². The molecule has 0 radical (unpaired) electrons. The van der Waals surface area contributed by atoms with Crippen LogP contribution in [-0.4, -0.2) is 0 Å². The minimum atomic E-state index is 0.883. The third kappa shape index (κ3) is 2.53. The van der Waals surface area contributed by atoms with Gasteiger partial charge in [-0.2, -0.15) is 0 Å². The molecular formula is C15H11Br. The highest BCUT2D eigenvalue weighted by Gasteiger charge is 2.00. The van der Waals surface area contributed by atoms with E-state index in [0.717, 1.165) is 16.5 Å². The maximum Gasteiger partial charge on any atom is 0.0277 e. The van der Waals surface area contributed by atoms with Gasteiger partial charge >= 0.3 is 0 Å². The molecule has 0 aromatic heterocycles. The van der Waals surface area contributed by atoms with Crippen molar-refractivity contribution in [2.24, 2.45) is 0 Å². The summed E-state index contributed by atoms with van der Waals surface area (Å²) in [7, 11) is 0. The number of terminal acetylenes is 1. The van der Waals surface area contributed by atoms with Crippen LogP contribution in [0.4, 0.5) is 0 Å². The van der Waals surface area contributed by atoms with Gasteiger partial charge in [-0.05, 0) is 35.7 Å². The van der Waals surface area contributed by atoms with Crippen LogP contribution in [-0.2, 0) is 6.42 Å². The van der Waals surface area contributed by atoms with E-state index in [2.05, 4.69) is 40.0 Å². The van der Waals surface area contributed by atoms with Crippen LogP contribution in [0.1, 0.15) is 16.7 Å². The first-order valence-electron chi connectivity index (χ1n) is 5.08. The van der Waals surface area contributed by atoms with E-state index in [1.165, 1.54) is 11.1 Å². The Hall–Kier alpha value is -1.52. The third-order valence-electron chi connectivity index (χ3n) is 2.48. The summed E-state index contributed by atoms with van der Waals surface area (Å²) in [5.41, 5.74) is 3.45. The number of rotatable bonds is 2. The first-order chi connectivity index (χ1) is 7.79. The molecule has 0 spiro atoms. The van der Waals surface area contributed by atoms with Crippen molar-refractivity contribution in [3.63, 3.8) is 0 Å². The molecule has 2 rings (SSSR count). The lowest BCUT2D eigenvalue weighted by atomic mass is 10.0. The topological polar surface area (TPSA) is 0 Å². The van der Waals surface area contributed by atoms with Crippen molar-refractivity contribution in [1.82, 2.24) is 0 Å². The van der Waals surface area contributed by atoms with Crippen LogP contribution in [0.2, 0.25) is 0 Å². The van der Waals surface area contributed by atoms with Gasteiger partial charge in [0.15, 0.2) is 0 Å². The van der Waals surface area contributed by atoms with Crippen LogP contribution in [0, 0.1) is 12.3 Å². The largest absolute Gasteiger partial charge is 0.115 e. The fraction of sp³-hybridized carbons (Fsp3) is 0.0667. The standard InChI is InChI=1S/C15H11Br/c1-2-13-5-3-4-6-14(13)11-12-7-9-15(16)10-8-12/h1,3-10H,11H2. The van der Waals surface area contributed by atoms with Crippen molar-refractivity contribution in [3.05, 3.63) is 69.7 Å². The predicted octanol–water partition coefficient (Wildman–Crippen LogP) is 4.02. The second kappa shape index (κ2) is 5.01. The molecule has 0 aliphatic carbocycles. The minimum Gasteiger partial charge on any atom is -0.115 e. The molecule has 0 saturated heterocycles. The Labute approximate surface area is 104 Å². The highest BCUT2D eigenvalue weighted by atomic mass is 79.9. The molecule has 78 valence electrons. The highest BCUT2D eigenvalue weighted by Crippen LogP contribution is 2.16. The van der Waals surface area contributed by atoms with Gasteiger partial charge in [0, 0.05) is 10.0 Å². The van der Waals surface area contributed by atoms with Crippen molar-refractivity contribution >= 4 is 15.9 Å². The smallest absolute Gasteiger partial charge is 0.0277 e. The Morgan fingerprint density at radius 2 is 1.69 bits per heavy atom. The summed E-state index contributed by atoms with van der Waals surface area (Å²) in [4.78, 5) is 0. The molecule has 0 N–H and O–H groups in total. The molecule has 0 unspecified atom stereocenters. The molecule has 0 bridgehead atoms. The molecular weight excluding hydrogens is 260 g/mol. The summed E-state index contributed by atoms with van der Waals surface area (Å²) in [6.45, 7) is 0. The Bertz CT molecular complexity index is 518. The third-order valence-corrected chi connectivity index (χ3v) is 3.01. The molecule has 0 atom stereocenters. The first-order valence-corrected chi connectivity index (χ1v) is 5.88. The fourth-order valence-electron chi connectivity index (χ4n) is 1.64. The van der Waals surface area contributed by atoms with Gasteiger partial charge in [-0.25, -0.2) is 0 Å². The molecule has 16 heavy (non-hydrogen) atoms. The Morgan fingerprint density at radius 1 is 1.00 bits per heavy atom.